The van der Waals surface area contributed by atoms with Crippen LogP contribution < -0.4 is 10.6 Å². The zero-order chi connectivity index (χ0) is 23.6. The summed E-state index contributed by atoms with van der Waals surface area (Å²) in [6.07, 6.45) is -2.59. The fourth-order valence-electron chi connectivity index (χ4n) is 3.48. The summed E-state index contributed by atoms with van der Waals surface area (Å²) in [7, 11) is 0. The Kier molecular flexibility index (Phi) is 6.48. The average Bonchev–Trinajstić information content (AvgIpc) is 3.25. The molecule has 2 heterocycles. The van der Waals surface area contributed by atoms with E-state index in [0.717, 1.165) is 11.3 Å². The molecule has 0 saturated carbocycles. The molecule has 10 heteroatoms. The first-order valence-electron chi connectivity index (χ1n) is 10.0. The van der Waals surface area contributed by atoms with E-state index in [1.54, 1.807) is 23.6 Å². The van der Waals surface area contributed by atoms with Gasteiger partial charge in [-0.1, -0.05) is 24.3 Å². The van der Waals surface area contributed by atoms with Gasteiger partial charge in [0.25, 0.3) is 12.3 Å². The quantitative estimate of drug-likeness (QED) is 0.535. The van der Waals surface area contributed by atoms with Crippen LogP contribution in [0.2, 0.25) is 0 Å². The van der Waals surface area contributed by atoms with Crippen LogP contribution in [0, 0.1) is 0 Å². The first kappa shape index (κ1) is 22.9. The second-order valence-electron chi connectivity index (χ2n) is 7.76. The minimum absolute atomic E-state index is 0.0876. The van der Waals surface area contributed by atoms with Crippen molar-refractivity contribution in [1.82, 2.24) is 10.3 Å². The van der Waals surface area contributed by atoms with Crippen molar-refractivity contribution in [3.63, 3.8) is 0 Å². The number of halogens is 3. The van der Waals surface area contributed by atoms with Gasteiger partial charge in [-0.05, 0) is 36.2 Å². The minimum Gasteiger partial charge on any atom is -0.373 e. The molecule has 1 atom stereocenters. The van der Waals surface area contributed by atoms with Crippen LogP contribution in [0.3, 0.4) is 0 Å². The smallest absolute Gasteiger partial charge is 0.263 e. The van der Waals surface area contributed by atoms with Gasteiger partial charge in [-0.25, -0.2) is 18.2 Å². The fourth-order valence-corrected chi connectivity index (χ4v) is 4.22. The molecule has 1 aliphatic heterocycles. The minimum atomic E-state index is -2.59. The lowest BCUT2D eigenvalue weighted by molar-refractivity contribution is -0.115. The lowest BCUT2D eigenvalue weighted by Crippen LogP contribution is -2.34. The molecule has 0 saturated heterocycles. The van der Waals surface area contributed by atoms with Crippen molar-refractivity contribution in [2.24, 2.45) is 0 Å². The number of nitrogens with one attached hydrogen (secondary N) is 2. The van der Waals surface area contributed by atoms with Crippen LogP contribution in [-0.4, -0.2) is 29.9 Å². The number of amides is 2. The third-order valence-corrected chi connectivity index (χ3v) is 5.92. The van der Waals surface area contributed by atoms with Crippen LogP contribution in [0.5, 0.6) is 0 Å². The largest absolute Gasteiger partial charge is 0.373 e. The van der Waals surface area contributed by atoms with Crippen molar-refractivity contribution in [2.45, 2.75) is 25.6 Å². The number of benzene rings is 2. The van der Waals surface area contributed by atoms with Crippen molar-refractivity contribution in [1.29, 1.82) is 0 Å². The number of aromatic nitrogens is 1. The van der Waals surface area contributed by atoms with Crippen LogP contribution >= 0.6 is 11.3 Å². The maximum Gasteiger partial charge on any atom is 0.263 e. The summed E-state index contributed by atoms with van der Waals surface area (Å²) in [6.45, 7) is 1.27. The van der Waals surface area contributed by atoms with Crippen molar-refractivity contribution >= 4 is 28.3 Å². The fraction of sp³-hybridized carbons (Fsp3) is 0.261. The first-order chi connectivity index (χ1) is 15.7. The summed E-state index contributed by atoms with van der Waals surface area (Å²) in [5.41, 5.74) is 0.471. The third-order valence-electron chi connectivity index (χ3n) is 5.16. The van der Waals surface area contributed by atoms with Gasteiger partial charge in [0, 0.05) is 22.1 Å². The molecule has 1 aliphatic rings. The van der Waals surface area contributed by atoms with Crippen LogP contribution in [0.15, 0.2) is 47.8 Å². The highest BCUT2D eigenvalue weighted by molar-refractivity contribution is 7.14. The molecule has 0 radical (unpaired) electrons. The van der Waals surface area contributed by atoms with Crippen molar-refractivity contribution in [2.75, 3.05) is 18.5 Å². The molecule has 0 unspecified atom stereocenters. The van der Waals surface area contributed by atoms with E-state index in [0.29, 0.717) is 22.4 Å². The standard InChI is InChI=1S/C23H20F3N3O3S/c1-23(26)12-32-10-16-6-5-15(8-17(16)23)21(31)27-9-19(30)29-22-28-18(11-33-22)13-3-2-4-14(7-13)20(24)25/h2-8,11,20H,9-10,12H2,1H3,(H,27,31)(H,28,29,30)/t23-/m1/s1. The number of fused-ring (bicyclic) bond motifs is 1. The highest BCUT2D eigenvalue weighted by Crippen LogP contribution is 2.34. The van der Waals surface area contributed by atoms with E-state index in [4.69, 9.17) is 4.74 Å². The number of alkyl halides is 3. The molecule has 0 spiro atoms. The van der Waals surface area contributed by atoms with Gasteiger partial charge in [0.1, 0.15) is 0 Å². The van der Waals surface area contributed by atoms with Crippen LogP contribution in [0.25, 0.3) is 11.3 Å². The predicted octanol–water partition coefficient (Wildman–Crippen LogP) is 4.83. The molecule has 3 aromatic rings. The van der Waals surface area contributed by atoms with Crippen LogP contribution in [-0.2, 0) is 21.8 Å². The number of hydrogen-bond donors (Lipinski definition) is 2. The van der Waals surface area contributed by atoms with Gasteiger partial charge in [-0.15, -0.1) is 11.3 Å². The van der Waals surface area contributed by atoms with E-state index in [-0.39, 0.29) is 36.0 Å². The van der Waals surface area contributed by atoms with Gasteiger partial charge >= 0.3 is 0 Å². The highest BCUT2D eigenvalue weighted by Gasteiger charge is 2.33. The molecule has 0 aliphatic carbocycles. The zero-order valence-corrected chi connectivity index (χ0v) is 18.3. The topological polar surface area (TPSA) is 80.3 Å². The third kappa shape index (κ3) is 5.23. The molecule has 2 amide bonds. The number of thiazole rings is 1. The molecular weight excluding hydrogens is 455 g/mol. The average molecular weight is 475 g/mol. The predicted molar refractivity (Wildman–Crippen MR) is 118 cm³/mol. The maximum absolute atomic E-state index is 14.7. The van der Waals surface area contributed by atoms with E-state index >= 15 is 0 Å². The Balaban J connectivity index is 1.36. The molecule has 1 aromatic heterocycles. The summed E-state index contributed by atoms with van der Waals surface area (Å²) in [5, 5.41) is 6.98. The van der Waals surface area contributed by atoms with Crippen molar-refractivity contribution < 1.29 is 27.5 Å². The second-order valence-corrected chi connectivity index (χ2v) is 8.62. The summed E-state index contributed by atoms with van der Waals surface area (Å²) in [5.74, 6) is -1.02. The van der Waals surface area contributed by atoms with E-state index in [1.165, 1.54) is 31.2 Å². The number of carbonyl (C=O) groups is 2. The number of rotatable bonds is 6. The maximum atomic E-state index is 14.7. The molecule has 33 heavy (non-hydrogen) atoms. The number of ether oxygens (including phenoxy) is 1. The second kappa shape index (κ2) is 9.32. The normalized spacial score (nSPS) is 17.5. The summed E-state index contributed by atoms with van der Waals surface area (Å²) >= 11 is 1.14. The molecule has 2 aromatic carbocycles. The Morgan fingerprint density at radius 1 is 1.24 bits per heavy atom. The summed E-state index contributed by atoms with van der Waals surface area (Å²) < 4.78 is 45.7. The number of anilines is 1. The van der Waals surface area contributed by atoms with Gasteiger partial charge in [0.05, 0.1) is 25.5 Å². The Hall–Kier alpha value is -3.24. The summed E-state index contributed by atoms with van der Waals surface area (Å²) in [6, 6.07) is 10.5. The van der Waals surface area contributed by atoms with E-state index < -0.39 is 23.9 Å². The lowest BCUT2D eigenvalue weighted by Gasteiger charge is -2.29. The van der Waals surface area contributed by atoms with Gasteiger partial charge < -0.3 is 15.4 Å². The van der Waals surface area contributed by atoms with Crippen LogP contribution in [0.4, 0.5) is 18.3 Å². The molecule has 172 valence electrons. The lowest BCUT2D eigenvalue weighted by atomic mass is 9.90. The summed E-state index contributed by atoms with van der Waals surface area (Å²) in [4.78, 5) is 28.9. The number of hydrogen-bond acceptors (Lipinski definition) is 5. The Labute approximate surface area is 191 Å². The van der Waals surface area contributed by atoms with Gasteiger partial charge in [0.2, 0.25) is 5.91 Å². The Morgan fingerprint density at radius 3 is 2.85 bits per heavy atom. The van der Waals surface area contributed by atoms with Crippen LogP contribution in [0.1, 0.15) is 40.4 Å². The molecule has 0 bridgehead atoms. The number of carbonyl (C=O) groups excluding carboxylic acids is 2. The first-order valence-corrected chi connectivity index (χ1v) is 10.9. The van der Waals surface area contributed by atoms with Gasteiger partial charge in [-0.3, -0.25) is 9.59 Å². The molecule has 4 rings (SSSR count). The van der Waals surface area contributed by atoms with E-state index in [2.05, 4.69) is 15.6 Å². The SMILES string of the molecule is C[C@@]1(F)COCc2ccc(C(=O)NCC(=O)Nc3nc(-c4cccc(C(F)F)c4)cs3)cc21. The molecule has 0 fully saturated rings. The zero-order valence-electron chi connectivity index (χ0n) is 17.5. The Bertz CT molecular complexity index is 1200. The van der Waals surface area contributed by atoms with E-state index in [9.17, 15) is 22.8 Å². The Morgan fingerprint density at radius 2 is 2.06 bits per heavy atom. The van der Waals surface area contributed by atoms with Crippen molar-refractivity contribution in [3.05, 3.63) is 70.1 Å². The van der Waals surface area contributed by atoms with Gasteiger partial charge in [0.15, 0.2) is 10.8 Å². The van der Waals surface area contributed by atoms with E-state index in [1.807, 2.05) is 0 Å². The molecule has 6 nitrogen and oxygen atoms in total. The van der Waals surface area contributed by atoms with Gasteiger partial charge in [-0.2, -0.15) is 0 Å². The number of nitrogens with zero attached hydrogens (tertiary/aromatic N) is 1. The molecule has 2 N–H and O–H groups in total. The highest BCUT2D eigenvalue weighted by atomic mass is 32.1. The van der Waals surface area contributed by atoms with Crippen molar-refractivity contribution in [3.8, 4) is 11.3 Å². The molecular formula is C23H20F3N3O3S. The monoisotopic (exact) mass is 475 g/mol.